The van der Waals surface area contributed by atoms with Crippen molar-refractivity contribution in [2.75, 3.05) is 12.8 Å². The predicted octanol–water partition coefficient (Wildman–Crippen LogP) is 2.94. The first-order valence-corrected chi connectivity index (χ1v) is 5.83. The highest BCUT2D eigenvalue weighted by atomic mass is 19.1. The summed E-state index contributed by atoms with van der Waals surface area (Å²) in [7, 11) is 1.92. The molecule has 4 heteroatoms. The molecule has 96 valence electrons. The highest BCUT2D eigenvalue weighted by molar-refractivity contribution is 5.42. The van der Waals surface area contributed by atoms with E-state index in [2.05, 4.69) is 0 Å². The number of rotatable bonds is 4. The van der Waals surface area contributed by atoms with Crippen molar-refractivity contribution in [2.24, 2.45) is 0 Å². The number of anilines is 1. The minimum atomic E-state index is -0.333. The van der Waals surface area contributed by atoms with Gasteiger partial charge in [0.15, 0.2) is 5.82 Å². The van der Waals surface area contributed by atoms with E-state index in [1.54, 1.807) is 18.2 Å². The van der Waals surface area contributed by atoms with Crippen molar-refractivity contribution in [1.29, 1.82) is 0 Å². The molecule has 2 N–H and O–H groups in total. The molecule has 0 aliphatic heterocycles. The van der Waals surface area contributed by atoms with Gasteiger partial charge in [0.25, 0.3) is 0 Å². The van der Waals surface area contributed by atoms with Crippen LogP contribution in [0.4, 0.5) is 10.1 Å². The van der Waals surface area contributed by atoms with E-state index in [0.717, 1.165) is 11.5 Å². The molecule has 18 heavy (non-hydrogen) atoms. The first-order chi connectivity index (χ1) is 8.56. The Bertz CT molecular complexity index is 536. The van der Waals surface area contributed by atoms with Crippen LogP contribution in [0.1, 0.15) is 17.1 Å². The fraction of sp³-hybridized carbons (Fsp3) is 0.286. The van der Waals surface area contributed by atoms with Crippen molar-refractivity contribution in [3.63, 3.8) is 0 Å². The highest BCUT2D eigenvalue weighted by Gasteiger charge is 2.09. The van der Waals surface area contributed by atoms with Gasteiger partial charge in [-0.25, -0.2) is 4.39 Å². The van der Waals surface area contributed by atoms with E-state index in [1.165, 1.54) is 0 Å². The third-order valence-corrected chi connectivity index (χ3v) is 2.77. The molecule has 3 nitrogen and oxygen atoms in total. The molecule has 0 radical (unpaired) electrons. The Balaban J connectivity index is 2.03. The maximum Gasteiger partial charge on any atom is 0.150 e. The van der Waals surface area contributed by atoms with E-state index >= 15 is 0 Å². The molecule has 0 aliphatic carbocycles. The molecule has 0 spiro atoms. The molecule has 0 saturated heterocycles. The molecule has 0 aliphatic rings. The molecular formula is C14H17FN2O. The topological polar surface area (TPSA) is 42.4 Å². The van der Waals surface area contributed by atoms with Crippen molar-refractivity contribution in [3.8, 4) is 0 Å². The Kier molecular flexibility index (Phi) is 3.67. The number of halogens is 1. The van der Waals surface area contributed by atoms with Gasteiger partial charge >= 0.3 is 0 Å². The molecule has 2 rings (SSSR count). The van der Waals surface area contributed by atoms with Gasteiger partial charge in [-0.05, 0) is 32.2 Å². The first-order valence-electron chi connectivity index (χ1n) is 5.83. The van der Waals surface area contributed by atoms with Crippen LogP contribution in [-0.2, 0) is 13.1 Å². The molecule has 1 aromatic heterocycles. The van der Waals surface area contributed by atoms with Gasteiger partial charge in [0.05, 0.1) is 12.2 Å². The largest absolute Gasteiger partial charge is 0.465 e. The van der Waals surface area contributed by atoms with Crippen LogP contribution in [0.3, 0.4) is 0 Å². The van der Waals surface area contributed by atoms with Crippen LogP contribution in [0.15, 0.2) is 34.7 Å². The number of nitrogens with two attached hydrogens (primary N) is 1. The maximum absolute atomic E-state index is 13.7. The molecule has 0 unspecified atom stereocenters. The summed E-state index contributed by atoms with van der Waals surface area (Å²) in [6.07, 6.45) is 0. The number of nitrogen functional groups attached to an aromatic ring is 1. The lowest BCUT2D eigenvalue weighted by atomic mass is 10.1. The average Bonchev–Trinajstić information content (AvgIpc) is 2.70. The molecule has 1 aromatic carbocycles. The summed E-state index contributed by atoms with van der Waals surface area (Å²) < 4.78 is 19.2. The van der Waals surface area contributed by atoms with Crippen LogP contribution < -0.4 is 5.73 Å². The summed E-state index contributed by atoms with van der Waals surface area (Å²) in [6.45, 7) is 3.04. The van der Waals surface area contributed by atoms with Crippen LogP contribution in [-0.4, -0.2) is 11.9 Å². The second-order valence-electron chi connectivity index (χ2n) is 4.50. The van der Waals surface area contributed by atoms with E-state index in [9.17, 15) is 4.39 Å². The SMILES string of the molecule is Cc1ccc(CN(C)Cc2cccc(N)c2F)o1. The number of nitrogens with zero attached hydrogens (tertiary/aromatic N) is 1. The maximum atomic E-state index is 13.7. The lowest BCUT2D eigenvalue weighted by molar-refractivity contribution is 0.281. The van der Waals surface area contributed by atoms with Gasteiger partial charge in [0.1, 0.15) is 11.5 Å². The van der Waals surface area contributed by atoms with Crippen LogP contribution in [0.2, 0.25) is 0 Å². The molecule has 0 saturated carbocycles. The first kappa shape index (κ1) is 12.6. The summed E-state index contributed by atoms with van der Waals surface area (Å²) in [6, 6.07) is 8.93. The Labute approximate surface area is 106 Å². The Hall–Kier alpha value is -1.81. The molecule has 2 aromatic rings. The quantitative estimate of drug-likeness (QED) is 0.846. The van der Waals surface area contributed by atoms with Crippen molar-refractivity contribution in [2.45, 2.75) is 20.0 Å². The zero-order valence-electron chi connectivity index (χ0n) is 10.6. The van der Waals surface area contributed by atoms with Crippen molar-refractivity contribution < 1.29 is 8.81 Å². The number of furan rings is 1. The van der Waals surface area contributed by atoms with E-state index in [4.69, 9.17) is 10.2 Å². The van der Waals surface area contributed by atoms with E-state index in [1.807, 2.05) is 31.0 Å². The minimum absolute atomic E-state index is 0.190. The molecule has 0 fully saturated rings. The standard InChI is InChI=1S/C14H17FN2O/c1-10-6-7-12(18-10)9-17(2)8-11-4-3-5-13(16)14(11)15/h3-7H,8-9,16H2,1-2H3. The molecule has 0 amide bonds. The van der Waals surface area contributed by atoms with Crippen LogP contribution in [0.25, 0.3) is 0 Å². The van der Waals surface area contributed by atoms with E-state index < -0.39 is 0 Å². The van der Waals surface area contributed by atoms with Crippen LogP contribution in [0.5, 0.6) is 0 Å². The molecule has 0 bridgehead atoms. The van der Waals surface area contributed by atoms with Gasteiger partial charge < -0.3 is 10.2 Å². The van der Waals surface area contributed by atoms with Crippen molar-refractivity contribution in [3.05, 3.63) is 53.2 Å². The average molecular weight is 248 g/mol. The van der Waals surface area contributed by atoms with Crippen LogP contribution >= 0.6 is 0 Å². The van der Waals surface area contributed by atoms with Crippen molar-refractivity contribution in [1.82, 2.24) is 4.90 Å². The highest BCUT2D eigenvalue weighted by Crippen LogP contribution is 2.17. The number of benzene rings is 1. The van der Waals surface area contributed by atoms with Gasteiger partial charge in [0, 0.05) is 12.1 Å². The smallest absolute Gasteiger partial charge is 0.150 e. The Morgan fingerprint density at radius 1 is 1.22 bits per heavy atom. The minimum Gasteiger partial charge on any atom is -0.465 e. The van der Waals surface area contributed by atoms with Crippen LogP contribution in [0, 0.1) is 12.7 Å². The molecule has 1 heterocycles. The second kappa shape index (κ2) is 5.23. The lowest BCUT2D eigenvalue weighted by Crippen LogP contribution is -2.18. The van der Waals surface area contributed by atoms with Gasteiger partial charge in [-0.3, -0.25) is 4.90 Å². The molecular weight excluding hydrogens is 231 g/mol. The Morgan fingerprint density at radius 3 is 2.67 bits per heavy atom. The van der Waals surface area contributed by atoms with E-state index in [0.29, 0.717) is 18.7 Å². The third kappa shape index (κ3) is 2.90. The summed E-state index contributed by atoms with van der Waals surface area (Å²) >= 11 is 0. The van der Waals surface area contributed by atoms with Gasteiger partial charge in [-0.15, -0.1) is 0 Å². The fourth-order valence-corrected chi connectivity index (χ4v) is 1.90. The van der Waals surface area contributed by atoms with E-state index in [-0.39, 0.29) is 11.5 Å². The summed E-state index contributed by atoms with van der Waals surface area (Å²) in [5.74, 6) is 1.42. The van der Waals surface area contributed by atoms with Crippen molar-refractivity contribution >= 4 is 5.69 Å². The summed E-state index contributed by atoms with van der Waals surface area (Å²) in [4.78, 5) is 1.98. The number of hydrogen-bond donors (Lipinski definition) is 1. The summed E-state index contributed by atoms with van der Waals surface area (Å²) in [5, 5.41) is 0. The number of aryl methyl sites for hydroxylation is 1. The fourth-order valence-electron chi connectivity index (χ4n) is 1.90. The predicted molar refractivity (Wildman–Crippen MR) is 69.4 cm³/mol. The second-order valence-corrected chi connectivity index (χ2v) is 4.50. The lowest BCUT2D eigenvalue weighted by Gasteiger charge is -2.16. The Morgan fingerprint density at radius 2 is 2.00 bits per heavy atom. The van der Waals surface area contributed by atoms with Gasteiger partial charge in [0.2, 0.25) is 0 Å². The zero-order chi connectivity index (χ0) is 13.1. The van der Waals surface area contributed by atoms with Gasteiger partial charge in [-0.2, -0.15) is 0 Å². The monoisotopic (exact) mass is 248 g/mol. The third-order valence-electron chi connectivity index (χ3n) is 2.77. The molecule has 0 atom stereocenters. The zero-order valence-corrected chi connectivity index (χ0v) is 10.6. The van der Waals surface area contributed by atoms with Gasteiger partial charge in [-0.1, -0.05) is 12.1 Å². The number of hydrogen-bond acceptors (Lipinski definition) is 3. The summed E-state index contributed by atoms with van der Waals surface area (Å²) in [5.41, 5.74) is 6.33. The normalized spacial score (nSPS) is 11.1.